The van der Waals surface area contributed by atoms with Gasteiger partial charge in [0.2, 0.25) is 0 Å². The van der Waals surface area contributed by atoms with E-state index in [1.165, 1.54) is 18.4 Å². The van der Waals surface area contributed by atoms with Crippen molar-refractivity contribution in [3.05, 3.63) is 29.8 Å². The van der Waals surface area contributed by atoms with E-state index in [0.29, 0.717) is 6.42 Å². The third-order valence-corrected chi connectivity index (χ3v) is 4.61. The second-order valence-corrected chi connectivity index (χ2v) is 5.88. The van der Waals surface area contributed by atoms with Crippen LogP contribution in [0.5, 0.6) is 5.75 Å². The topological polar surface area (TPSA) is 35.5 Å². The number of ether oxygens (including phenoxy) is 2. The molecule has 0 amide bonds. The Morgan fingerprint density at radius 3 is 2.19 bits per heavy atom. The van der Waals surface area contributed by atoms with Crippen molar-refractivity contribution in [2.75, 3.05) is 14.2 Å². The van der Waals surface area contributed by atoms with E-state index in [-0.39, 0.29) is 5.78 Å². The minimum Gasteiger partial charge on any atom is -0.497 e. The highest BCUT2D eigenvalue weighted by atomic mass is 16.5. The molecule has 116 valence electrons. The van der Waals surface area contributed by atoms with Crippen LogP contribution in [0.25, 0.3) is 0 Å². The van der Waals surface area contributed by atoms with E-state index in [2.05, 4.69) is 0 Å². The van der Waals surface area contributed by atoms with E-state index >= 15 is 0 Å². The molecule has 0 aliphatic heterocycles. The normalized spacial score (nSPS) is 18.0. The average molecular weight is 290 g/mol. The summed E-state index contributed by atoms with van der Waals surface area (Å²) in [5.41, 5.74) is 0.646. The molecule has 0 bridgehead atoms. The fourth-order valence-corrected chi connectivity index (χ4v) is 3.17. The summed E-state index contributed by atoms with van der Waals surface area (Å²) in [6.45, 7) is 0. The predicted octanol–water partition coefficient (Wildman–Crippen LogP) is 3.94. The van der Waals surface area contributed by atoms with E-state index in [1.807, 2.05) is 24.3 Å². The first-order chi connectivity index (χ1) is 10.2. The number of Topliss-reactive ketones (excluding diaryl/α,β-unsaturated/α-hetero) is 1. The summed E-state index contributed by atoms with van der Waals surface area (Å²) in [6, 6.07) is 7.94. The molecule has 21 heavy (non-hydrogen) atoms. The number of carbonyl (C=O) groups excluding carboxylic acids is 1. The Hall–Kier alpha value is -1.35. The Morgan fingerprint density at radius 2 is 1.67 bits per heavy atom. The maximum absolute atomic E-state index is 12.7. The molecule has 0 aromatic heterocycles. The van der Waals surface area contributed by atoms with E-state index in [0.717, 1.165) is 37.9 Å². The number of methoxy groups -OCH3 is 2. The molecule has 1 aromatic carbocycles. The highest BCUT2D eigenvalue weighted by Crippen LogP contribution is 2.32. The zero-order valence-electron chi connectivity index (χ0n) is 13.2. The molecule has 1 fully saturated rings. The fourth-order valence-electron chi connectivity index (χ4n) is 3.17. The molecule has 1 aliphatic carbocycles. The van der Waals surface area contributed by atoms with Crippen molar-refractivity contribution >= 4 is 5.78 Å². The number of benzene rings is 1. The number of hydrogen-bond acceptors (Lipinski definition) is 3. The van der Waals surface area contributed by atoms with Gasteiger partial charge in [0.1, 0.15) is 11.4 Å². The van der Waals surface area contributed by atoms with Gasteiger partial charge in [-0.25, -0.2) is 0 Å². The number of rotatable bonds is 6. The maximum Gasteiger partial charge on any atom is 0.164 e. The van der Waals surface area contributed by atoms with Crippen LogP contribution >= 0.6 is 0 Å². The lowest BCUT2D eigenvalue weighted by molar-refractivity contribution is -0.142. The molecule has 3 nitrogen and oxygen atoms in total. The lowest BCUT2D eigenvalue weighted by atomic mass is 9.86. The Kier molecular flexibility index (Phi) is 5.80. The van der Waals surface area contributed by atoms with Gasteiger partial charge in [-0.1, -0.05) is 37.8 Å². The van der Waals surface area contributed by atoms with Crippen LogP contribution in [0.15, 0.2) is 24.3 Å². The summed E-state index contributed by atoms with van der Waals surface area (Å²) in [4.78, 5) is 12.7. The second-order valence-electron chi connectivity index (χ2n) is 5.88. The lowest BCUT2D eigenvalue weighted by Gasteiger charge is -2.29. The lowest BCUT2D eigenvalue weighted by Crippen LogP contribution is -2.40. The van der Waals surface area contributed by atoms with Crippen LogP contribution in [0.3, 0.4) is 0 Å². The van der Waals surface area contributed by atoms with Gasteiger partial charge in [0.25, 0.3) is 0 Å². The van der Waals surface area contributed by atoms with E-state index in [4.69, 9.17) is 9.47 Å². The van der Waals surface area contributed by atoms with Crippen LogP contribution in [0.2, 0.25) is 0 Å². The van der Waals surface area contributed by atoms with Gasteiger partial charge in [0.15, 0.2) is 5.78 Å². The van der Waals surface area contributed by atoms with Gasteiger partial charge in [-0.3, -0.25) is 4.79 Å². The molecule has 0 atom stereocenters. The van der Waals surface area contributed by atoms with Crippen molar-refractivity contribution in [2.45, 2.75) is 57.0 Å². The molecule has 1 aliphatic rings. The van der Waals surface area contributed by atoms with Gasteiger partial charge in [-0.15, -0.1) is 0 Å². The minimum absolute atomic E-state index is 0.266. The number of hydrogen-bond donors (Lipinski definition) is 0. The van der Waals surface area contributed by atoms with Crippen LogP contribution < -0.4 is 4.74 Å². The first kappa shape index (κ1) is 16.0. The summed E-state index contributed by atoms with van der Waals surface area (Å²) < 4.78 is 10.8. The molecule has 0 radical (unpaired) electrons. The van der Waals surface area contributed by atoms with Crippen molar-refractivity contribution in [1.29, 1.82) is 0 Å². The van der Waals surface area contributed by atoms with Crippen molar-refractivity contribution in [1.82, 2.24) is 0 Å². The minimum atomic E-state index is -0.525. The monoisotopic (exact) mass is 290 g/mol. The molecular weight excluding hydrogens is 264 g/mol. The number of carbonyl (C=O) groups is 1. The van der Waals surface area contributed by atoms with Crippen molar-refractivity contribution in [3.63, 3.8) is 0 Å². The summed E-state index contributed by atoms with van der Waals surface area (Å²) in [5.74, 6) is 1.12. The molecule has 0 heterocycles. The Bertz CT molecular complexity index is 442. The van der Waals surface area contributed by atoms with Crippen molar-refractivity contribution < 1.29 is 14.3 Å². The largest absolute Gasteiger partial charge is 0.497 e. The Labute approximate surface area is 127 Å². The molecule has 0 spiro atoms. The number of ketones is 1. The molecule has 0 unspecified atom stereocenters. The molecule has 3 heteroatoms. The first-order valence-electron chi connectivity index (χ1n) is 7.91. The van der Waals surface area contributed by atoms with E-state index in [1.54, 1.807) is 14.2 Å². The Morgan fingerprint density at radius 1 is 1.05 bits per heavy atom. The molecule has 0 N–H and O–H groups in total. The van der Waals surface area contributed by atoms with Crippen LogP contribution in [0, 0.1) is 0 Å². The first-order valence-corrected chi connectivity index (χ1v) is 7.91. The van der Waals surface area contributed by atoms with E-state index < -0.39 is 5.60 Å². The van der Waals surface area contributed by atoms with E-state index in [9.17, 15) is 4.79 Å². The third kappa shape index (κ3) is 4.07. The summed E-state index contributed by atoms with van der Waals surface area (Å²) in [5, 5.41) is 0. The standard InChI is InChI=1S/C18H26O3/c1-20-16-10-7-15(8-11-16)9-12-17(19)18(21-2)13-5-3-4-6-14-18/h7-8,10-11H,3-6,9,12-14H2,1-2H3. The van der Waals surface area contributed by atoms with Crippen LogP contribution in [-0.2, 0) is 16.0 Å². The van der Waals surface area contributed by atoms with Gasteiger partial charge >= 0.3 is 0 Å². The molecular formula is C18H26O3. The van der Waals surface area contributed by atoms with Crippen molar-refractivity contribution in [2.24, 2.45) is 0 Å². The SMILES string of the molecule is COc1ccc(CCC(=O)C2(OC)CCCCCC2)cc1. The van der Waals surface area contributed by atoms with Gasteiger partial charge in [-0.05, 0) is 37.0 Å². The zero-order chi connectivity index (χ0) is 15.1. The third-order valence-electron chi connectivity index (χ3n) is 4.61. The van der Waals surface area contributed by atoms with Crippen LogP contribution in [0.1, 0.15) is 50.5 Å². The van der Waals surface area contributed by atoms with Gasteiger partial charge in [-0.2, -0.15) is 0 Å². The van der Waals surface area contributed by atoms with Crippen molar-refractivity contribution in [3.8, 4) is 5.75 Å². The maximum atomic E-state index is 12.7. The van der Waals surface area contributed by atoms with Crippen LogP contribution in [-0.4, -0.2) is 25.6 Å². The summed E-state index contributed by atoms with van der Waals surface area (Å²) in [7, 11) is 3.35. The van der Waals surface area contributed by atoms with Gasteiger partial charge < -0.3 is 9.47 Å². The quantitative estimate of drug-likeness (QED) is 0.744. The predicted molar refractivity (Wildman–Crippen MR) is 83.8 cm³/mol. The average Bonchev–Trinajstić information content (AvgIpc) is 2.79. The van der Waals surface area contributed by atoms with Crippen LogP contribution in [0.4, 0.5) is 0 Å². The molecule has 1 saturated carbocycles. The highest BCUT2D eigenvalue weighted by Gasteiger charge is 2.37. The van der Waals surface area contributed by atoms with Gasteiger partial charge in [0, 0.05) is 13.5 Å². The molecule has 0 saturated heterocycles. The second kappa shape index (κ2) is 7.60. The summed E-state index contributed by atoms with van der Waals surface area (Å²) >= 11 is 0. The highest BCUT2D eigenvalue weighted by molar-refractivity contribution is 5.87. The molecule has 2 rings (SSSR count). The zero-order valence-corrected chi connectivity index (χ0v) is 13.2. The van der Waals surface area contributed by atoms with Gasteiger partial charge in [0.05, 0.1) is 7.11 Å². The molecule has 1 aromatic rings. The fraction of sp³-hybridized carbons (Fsp3) is 0.611. The number of aryl methyl sites for hydroxylation is 1. The smallest absolute Gasteiger partial charge is 0.164 e. The summed E-state index contributed by atoms with van der Waals surface area (Å²) in [6.07, 6.45) is 7.72. The Balaban J connectivity index is 1.95.